The summed E-state index contributed by atoms with van der Waals surface area (Å²) in [5, 5.41) is 0. The van der Waals surface area contributed by atoms with Gasteiger partial charge in [-0.25, -0.2) is 9.59 Å². The molecule has 0 N–H and O–H groups in total. The van der Waals surface area contributed by atoms with E-state index in [0.29, 0.717) is 0 Å². The number of ether oxygens (including phenoxy) is 1. The lowest BCUT2D eigenvalue weighted by Crippen LogP contribution is -2.37. The lowest BCUT2D eigenvalue weighted by atomic mass is 10.3. The Kier molecular flexibility index (Phi) is 3.32. The van der Waals surface area contributed by atoms with Crippen molar-refractivity contribution in [2.75, 3.05) is 0 Å². The minimum absolute atomic E-state index is 0.0767. The van der Waals surface area contributed by atoms with Crippen LogP contribution in [0.4, 0.5) is 0 Å². The van der Waals surface area contributed by atoms with E-state index < -0.39 is 17.2 Å². The molecule has 0 bridgehead atoms. The van der Waals surface area contributed by atoms with Crippen LogP contribution in [0.2, 0.25) is 0 Å². The number of hydrogen-bond donors (Lipinski definition) is 0. The van der Waals surface area contributed by atoms with Crippen molar-refractivity contribution >= 4 is 17.1 Å². The molecule has 9 nitrogen and oxygen atoms in total. The summed E-state index contributed by atoms with van der Waals surface area (Å²) < 4.78 is 8.74. The summed E-state index contributed by atoms with van der Waals surface area (Å²) in [5.74, 6) is -0.654. The number of aryl methyl sites for hydroxylation is 2. The zero-order chi connectivity index (χ0) is 16.7. The summed E-state index contributed by atoms with van der Waals surface area (Å²) in [6.45, 7) is 0. The summed E-state index contributed by atoms with van der Waals surface area (Å²) in [7, 11) is 4.40. The zero-order valence-corrected chi connectivity index (χ0v) is 12.7. The van der Waals surface area contributed by atoms with Gasteiger partial charge in [0.2, 0.25) is 0 Å². The van der Waals surface area contributed by atoms with Crippen LogP contribution in [0.1, 0.15) is 10.4 Å². The second kappa shape index (κ2) is 5.20. The lowest BCUT2D eigenvalue weighted by molar-refractivity contribution is 0.0714. The molecule has 0 radical (unpaired) electrons. The highest BCUT2D eigenvalue weighted by Gasteiger charge is 2.20. The molecule has 0 aliphatic heterocycles. The molecule has 3 rings (SSSR count). The molecule has 0 saturated heterocycles. The number of rotatable bonds is 2. The van der Waals surface area contributed by atoms with E-state index in [1.165, 1.54) is 42.7 Å². The van der Waals surface area contributed by atoms with E-state index in [2.05, 4.69) is 9.97 Å². The van der Waals surface area contributed by atoms with Gasteiger partial charge in [-0.2, -0.15) is 4.98 Å². The van der Waals surface area contributed by atoms with Gasteiger partial charge >= 0.3 is 17.7 Å². The molecule has 0 fully saturated rings. The molecule has 0 aromatic carbocycles. The Morgan fingerprint density at radius 1 is 1.13 bits per heavy atom. The predicted molar refractivity (Wildman–Crippen MR) is 80.4 cm³/mol. The maximum atomic E-state index is 12.2. The maximum absolute atomic E-state index is 12.2. The van der Waals surface area contributed by atoms with E-state index in [9.17, 15) is 14.4 Å². The van der Waals surface area contributed by atoms with Crippen LogP contribution in [0.3, 0.4) is 0 Å². The highest BCUT2D eigenvalue weighted by Crippen LogP contribution is 2.16. The van der Waals surface area contributed by atoms with E-state index in [4.69, 9.17) is 4.74 Å². The van der Waals surface area contributed by atoms with Crippen molar-refractivity contribution in [1.82, 2.24) is 23.7 Å². The van der Waals surface area contributed by atoms with Gasteiger partial charge < -0.3 is 4.74 Å². The molecule has 0 atom stereocenters. The first-order valence-corrected chi connectivity index (χ1v) is 6.66. The van der Waals surface area contributed by atoms with Gasteiger partial charge in [0.1, 0.15) is 0 Å². The van der Waals surface area contributed by atoms with Crippen LogP contribution in [-0.2, 0) is 21.1 Å². The monoisotopic (exact) mass is 315 g/mol. The van der Waals surface area contributed by atoms with Gasteiger partial charge in [-0.3, -0.25) is 23.5 Å². The van der Waals surface area contributed by atoms with Crippen molar-refractivity contribution < 1.29 is 9.53 Å². The molecular weight excluding hydrogens is 302 g/mol. The molecule has 118 valence electrons. The highest BCUT2D eigenvalue weighted by atomic mass is 16.5. The van der Waals surface area contributed by atoms with Gasteiger partial charge in [0.05, 0.1) is 5.56 Å². The summed E-state index contributed by atoms with van der Waals surface area (Å²) in [4.78, 5) is 44.2. The molecule has 0 aliphatic rings. The fraction of sp³-hybridized carbons (Fsp3) is 0.214. The number of fused-ring (bicyclic) bond motifs is 1. The standard InChI is InChI=1S/C14H13N5O4/c1-17-9-10(18(2)14(22)19(3)11(9)20)16-13(17)23-12(21)8-5-4-6-15-7-8/h4-7H,1-3H3. The third-order valence-corrected chi connectivity index (χ3v) is 3.52. The SMILES string of the molecule is Cn1c(=O)c2c(nc(OC(=O)c3cccnc3)n2C)n(C)c1=O. The number of nitrogens with zero attached hydrogens (tertiary/aromatic N) is 5. The van der Waals surface area contributed by atoms with Crippen molar-refractivity contribution in [3.8, 4) is 6.01 Å². The molecular formula is C14H13N5O4. The average molecular weight is 315 g/mol. The number of esters is 1. The van der Waals surface area contributed by atoms with Crippen LogP contribution in [0.15, 0.2) is 34.1 Å². The van der Waals surface area contributed by atoms with Crippen molar-refractivity contribution in [3.63, 3.8) is 0 Å². The van der Waals surface area contributed by atoms with E-state index in [0.717, 1.165) is 4.57 Å². The van der Waals surface area contributed by atoms with Crippen molar-refractivity contribution in [2.45, 2.75) is 0 Å². The van der Waals surface area contributed by atoms with Gasteiger partial charge in [0.25, 0.3) is 5.56 Å². The Morgan fingerprint density at radius 2 is 1.87 bits per heavy atom. The Balaban J connectivity index is 2.14. The number of aromatic nitrogens is 5. The lowest BCUT2D eigenvalue weighted by Gasteiger charge is -2.04. The molecule has 0 spiro atoms. The third kappa shape index (κ3) is 2.22. The first-order valence-electron chi connectivity index (χ1n) is 6.66. The third-order valence-electron chi connectivity index (χ3n) is 3.52. The second-order valence-electron chi connectivity index (χ2n) is 4.96. The minimum Gasteiger partial charge on any atom is -0.388 e. The summed E-state index contributed by atoms with van der Waals surface area (Å²) in [6, 6.07) is 3.07. The quantitative estimate of drug-likeness (QED) is 0.596. The molecule has 0 aliphatic carbocycles. The topological polar surface area (TPSA) is 101 Å². The first-order chi connectivity index (χ1) is 10.9. The number of imidazole rings is 1. The Bertz CT molecular complexity index is 1030. The van der Waals surface area contributed by atoms with E-state index in [-0.39, 0.29) is 22.7 Å². The second-order valence-corrected chi connectivity index (χ2v) is 4.96. The van der Waals surface area contributed by atoms with Crippen LogP contribution in [0, 0.1) is 0 Å². The van der Waals surface area contributed by atoms with E-state index in [1.807, 2.05) is 0 Å². The normalized spacial score (nSPS) is 10.9. The van der Waals surface area contributed by atoms with Gasteiger partial charge in [-0.1, -0.05) is 0 Å². The van der Waals surface area contributed by atoms with Gasteiger partial charge in [0, 0.05) is 33.5 Å². The Morgan fingerprint density at radius 3 is 2.52 bits per heavy atom. The largest absolute Gasteiger partial charge is 0.388 e. The molecule has 23 heavy (non-hydrogen) atoms. The fourth-order valence-corrected chi connectivity index (χ4v) is 2.22. The van der Waals surface area contributed by atoms with Crippen molar-refractivity contribution in [1.29, 1.82) is 0 Å². The summed E-state index contributed by atoms with van der Waals surface area (Å²) in [6.07, 6.45) is 2.89. The Labute approximate surface area is 129 Å². The number of hydrogen-bond acceptors (Lipinski definition) is 6. The van der Waals surface area contributed by atoms with Crippen LogP contribution in [0.25, 0.3) is 11.2 Å². The van der Waals surface area contributed by atoms with E-state index >= 15 is 0 Å². The predicted octanol–water partition coefficient (Wildman–Crippen LogP) is -0.415. The van der Waals surface area contributed by atoms with Crippen LogP contribution in [-0.4, -0.2) is 29.6 Å². The zero-order valence-electron chi connectivity index (χ0n) is 12.7. The number of carbonyl (C=O) groups excluding carboxylic acids is 1. The fourth-order valence-electron chi connectivity index (χ4n) is 2.22. The Hall–Kier alpha value is -3.23. The minimum atomic E-state index is -0.654. The summed E-state index contributed by atoms with van der Waals surface area (Å²) >= 11 is 0. The van der Waals surface area contributed by atoms with Gasteiger partial charge in [0.15, 0.2) is 11.2 Å². The first kappa shape index (κ1) is 14.7. The molecule has 3 aromatic heterocycles. The molecule has 0 amide bonds. The highest BCUT2D eigenvalue weighted by molar-refractivity contribution is 5.90. The van der Waals surface area contributed by atoms with Crippen molar-refractivity contribution in [3.05, 3.63) is 50.9 Å². The van der Waals surface area contributed by atoms with Gasteiger partial charge in [-0.15, -0.1) is 0 Å². The summed E-state index contributed by atoms with van der Waals surface area (Å²) in [5.41, 5.74) is -0.452. The average Bonchev–Trinajstić information content (AvgIpc) is 2.88. The molecule has 9 heteroatoms. The number of pyridine rings is 1. The molecule has 3 aromatic rings. The van der Waals surface area contributed by atoms with Gasteiger partial charge in [-0.05, 0) is 12.1 Å². The van der Waals surface area contributed by atoms with Crippen LogP contribution < -0.4 is 16.0 Å². The smallest absolute Gasteiger partial charge is 0.347 e. The van der Waals surface area contributed by atoms with Crippen LogP contribution >= 0.6 is 0 Å². The maximum Gasteiger partial charge on any atom is 0.347 e. The molecule has 0 unspecified atom stereocenters. The molecule has 0 saturated carbocycles. The van der Waals surface area contributed by atoms with Crippen molar-refractivity contribution in [2.24, 2.45) is 21.1 Å². The van der Waals surface area contributed by atoms with Crippen LogP contribution in [0.5, 0.6) is 6.01 Å². The van der Waals surface area contributed by atoms with E-state index in [1.54, 1.807) is 12.1 Å². The number of carbonyl (C=O) groups is 1. The molecule has 3 heterocycles.